The first-order valence-electron chi connectivity index (χ1n) is 10.3. The summed E-state index contributed by atoms with van der Waals surface area (Å²) in [6.07, 6.45) is -2.11. The van der Waals surface area contributed by atoms with Crippen LogP contribution in [0.5, 0.6) is 23.0 Å². The Kier molecular flexibility index (Phi) is 5.95. The van der Waals surface area contributed by atoms with Crippen molar-refractivity contribution >= 4 is 22.9 Å². The van der Waals surface area contributed by atoms with Crippen LogP contribution in [0, 0.1) is 6.92 Å². The van der Waals surface area contributed by atoms with E-state index in [1.54, 1.807) is 44.2 Å². The Hall–Kier alpha value is -4.01. The van der Waals surface area contributed by atoms with Crippen LogP contribution in [0.4, 0.5) is 0 Å². The van der Waals surface area contributed by atoms with Crippen molar-refractivity contribution in [3.05, 3.63) is 57.9 Å². The molecule has 2 aromatic carbocycles. The summed E-state index contributed by atoms with van der Waals surface area (Å²) in [4.78, 5) is 36.1. The first-order valence-corrected chi connectivity index (χ1v) is 10.3. The van der Waals surface area contributed by atoms with Gasteiger partial charge in [-0.15, -0.1) is 0 Å². The van der Waals surface area contributed by atoms with Gasteiger partial charge in [0, 0.05) is 23.9 Å². The van der Waals surface area contributed by atoms with Crippen LogP contribution in [0.15, 0.2) is 45.6 Å². The Morgan fingerprint density at radius 1 is 1.06 bits per heavy atom. The van der Waals surface area contributed by atoms with Gasteiger partial charge in [-0.2, -0.15) is 0 Å². The Bertz CT molecular complexity index is 1290. The lowest BCUT2D eigenvalue weighted by atomic mass is 10.0. The molecule has 1 aromatic heterocycles. The highest BCUT2D eigenvalue weighted by Crippen LogP contribution is 2.45. The molecule has 0 bridgehead atoms. The summed E-state index contributed by atoms with van der Waals surface area (Å²) >= 11 is 0. The number of fused-ring (bicyclic) bond motifs is 3. The van der Waals surface area contributed by atoms with E-state index in [0.717, 1.165) is 0 Å². The molecule has 2 heterocycles. The van der Waals surface area contributed by atoms with Crippen LogP contribution in [0.25, 0.3) is 11.0 Å². The van der Waals surface area contributed by atoms with Gasteiger partial charge in [-0.1, -0.05) is 6.07 Å². The molecule has 0 saturated heterocycles. The van der Waals surface area contributed by atoms with E-state index in [0.29, 0.717) is 22.3 Å². The molecule has 1 aliphatic heterocycles. The molecule has 0 spiro atoms. The molecule has 0 aliphatic carbocycles. The van der Waals surface area contributed by atoms with Crippen LogP contribution in [0.1, 0.15) is 31.1 Å². The fourth-order valence-electron chi connectivity index (χ4n) is 3.67. The zero-order chi connectivity index (χ0) is 23.7. The molecule has 1 aliphatic rings. The molecular formula is C24H22O9. The van der Waals surface area contributed by atoms with E-state index >= 15 is 0 Å². The Morgan fingerprint density at radius 2 is 1.85 bits per heavy atom. The lowest BCUT2D eigenvalue weighted by Gasteiger charge is -2.33. The maximum atomic E-state index is 12.8. The van der Waals surface area contributed by atoms with Gasteiger partial charge in [0.2, 0.25) is 11.9 Å². The van der Waals surface area contributed by atoms with Gasteiger partial charge in [-0.25, -0.2) is 9.59 Å². The molecular weight excluding hydrogens is 432 g/mol. The average Bonchev–Trinajstić information content (AvgIpc) is 2.78. The van der Waals surface area contributed by atoms with Gasteiger partial charge in [-0.05, 0) is 43.7 Å². The van der Waals surface area contributed by atoms with Crippen LogP contribution in [-0.2, 0) is 14.3 Å². The van der Waals surface area contributed by atoms with E-state index in [9.17, 15) is 14.4 Å². The van der Waals surface area contributed by atoms with E-state index in [-0.39, 0.29) is 29.4 Å². The number of hydrogen-bond donors (Lipinski definition) is 0. The van der Waals surface area contributed by atoms with Crippen LogP contribution in [-0.4, -0.2) is 31.8 Å². The third-order valence-corrected chi connectivity index (χ3v) is 5.10. The zero-order valence-electron chi connectivity index (χ0n) is 18.5. The number of aryl methyl sites for hydroxylation is 1. The lowest BCUT2D eigenvalue weighted by molar-refractivity contribution is -0.158. The van der Waals surface area contributed by atoms with Crippen molar-refractivity contribution < 1.29 is 37.7 Å². The van der Waals surface area contributed by atoms with Crippen molar-refractivity contribution in [2.45, 2.75) is 33.0 Å². The van der Waals surface area contributed by atoms with E-state index in [1.165, 1.54) is 20.1 Å². The van der Waals surface area contributed by atoms with Gasteiger partial charge < -0.3 is 28.1 Å². The normalized spacial score (nSPS) is 16.8. The average molecular weight is 454 g/mol. The van der Waals surface area contributed by atoms with E-state index in [1.807, 2.05) is 0 Å². The van der Waals surface area contributed by atoms with Gasteiger partial charge >= 0.3 is 17.6 Å². The molecule has 2 atom stereocenters. The predicted octanol–water partition coefficient (Wildman–Crippen LogP) is 3.48. The van der Waals surface area contributed by atoms with Gasteiger partial charge in [0.05, 0.1) is 13.7 Å². The number of hydrogen-bond acceptors (Lipinski definition) is 9. The maximum Gasteiger partial charge on any atom is 0.351 e. The van der Waals surface area contributed by atoms with E-state index in [4.69, 9.17) is 28.1 Å². The topological polar surface area (TPSA) is 111 Å². The molecule has 33 heavy (non-hydrogen) atoms. The summed E-state index contributed by atoms with van der Waals surface area (Å²) in [6, 6.07) is 9.58. The largest absolute Gasteiger partial charge is 0.493 e. The molecule has 0 saturated carbocycles. The Morgan fingerprint density at radius 3 is 2.55 bits per heavy atom. The third-order valence-electron chi connectivity index (χ3n) is 5.10. The number of rotatable bonds is 5. The Labute approximate surface area is 188 Å². The number of methoxy groups -OCH3 is 1. The van der Waals surface area contributed by atoms with Crippen LogP contribution < -0.4 is 24.6 Å². The minimum Gasteiger partial charge on any atom is -0.493 e. The summed E-state index contributed by atoms with van der Waals surface area (Å²) in [5.41, 5.74) is 0.871. The van der Waals surface area contributed by atoms with Crippen LogP contribution >= 0.6 is 0 Å². The Balaban J connectivity index is 1.82. The first kappa shape index (κ1) is 22.2. The van der Waals surface area contributed by atoms with Crippen molar-refractivity contribution in [3.63, 3.8) is 0 Å². The smallest absolute Gasteiger partial charge is 0.351 e. The molecule has 3 aromatic rings. The first-order chi connectivity index (χ1) is 15.8. The van der Waals surface area contributed by atoms with E-state index < -0.39 is 29.8 Å². The van der Waals surface area contributed by atoms with Crippen molar-refractivity contribution in [1.29, 1.82) is 0 Å². The second-order valence-corrected chi connectivity index (χ2v) is 7.35. The SMILES string of the molecule is CCOC(=O)C1Oc2c(ccc3c(C)cc(=O)oc23)OC1c1ccc(OC(C)=O)c(OC)c1. The fraction of sp³-hybridized carbons (Fsp3) is 0.292. The molecule has 0 amide bonds. The molecule has 4 rings (SSSR count). The van der Waals surface area contributed by atoms with Crippen molar-refractivity contribution in [3.8, 4) is 23.0 Å². The number of carbonyl (C=O) groups is 2. The summed E-state index contributed by atoms with van der Waals surface area (Å²) < 4.78 is 33.3. The monoisotopic (exact) mass is 454 g/mol. The number of esters is 2. The van der Waals surface area contributed by atoms with Gasteiger partial charge in [0.15, 0.2) is 28.9 Å². The lowest BCUT2D eigenvalue weighted by Crippen LogP contribution is -2.40. The van der Waals surface area contributed by atoms with Gasteiger partial charge in [0.25, 0.3) is 0 Å². The van der Waals surface area contributed by atoms with Crippen molar-refractivity contribution in [2.24, 2.45) is 0 Å². The highest BCUT2D eigenvalue weighted by molar-refractivity contribution is 5.89. The molecule has 0 fully saturated rings. The van der Waals surface area contributed by atoms with Crippen LogP contribution in [0.3, 0.4) is 0 Å². The highest BCUT2D eigenvalue weighted by Gasteiger charge is 2.41. The number of benzene rings is 2. The minimum absolute atomic E-state index is 0.136. The molecule has 9 heteroatoms. The molecule has 172 valence electrons. The molecule has 9 nitrogen and oxygen atoms in total. The minimum atomic E-state index is -1.20. The van der Waals surface area contributed by atoms with Gasteiger partial charge in [-0.3, -0.25) is 4.79 Å². The van der Waals surface area contributed by atoms with Crippen LogP contribution in [0.2, 0.25) is 0 Å². The van der Waals surface area contributed by atoms with E-state index in [2.05, 4.69) is 0 Å². The molecule has 0 N–H and O–H groups in total. The number of ether oxygens (including phenoxy) is 5. The van der Waals surface area contributed by atoms with Gasteiger partial charge in [0.1, 0.15) is 0 Å². The maximum absolute atomic E-state index is 12.8. The zero-order valence-corrected chi connectivity index (χ0v) is 18.5. The number of carbonyl (C=O) groups excluding carboxylic acids is 2. The van der Waals surface area contributed by atoms with Crippen molar-refractivity contribution in [2.75, 3.05) is 13.7 Å². The quantitative estimate of drug-likeness (QED) is 0.325. The fourth-order valence-corrected chi connectivity index (χ4v) is 3.67. The summed E-state index contributed by atoms with van der Waals surface area (Å²) in [6.45, 7) is 4.87. The summed E-state index contributed by atoms with van der Waals surface area (Å²) in [5, 5.41) is 0.658. The molecule has 2 unspecified atom stereocenters. The van der Waals surface area contributed by atoms with Crippen molar-refractivity contribution in [1.82, 2.24) is 0 Å². The summed E-state index contributed by atoms with van der Waals surface area (Å²) in [7, 11) is 1.43. The summed E-state index contributed by atoms with van der Waals surface area (Å²) in [5.74, 6) is -0.207. The standard InChI is InChI=1S/C24H22O9/c1-5-29-24(27)23-20(14-6-8-16(30-13(3)25)18(11-14)28-4)31-17-9-7-15-12(2)10-19(26)32-21(15)22(17)33-23/h6-11,20,23H,5H2,1-4H3. The highest BCUT2D eigenvalue weighted by atomic mass is 16.6. The predicted molar refractivity (Wildman–Crippen MR) is 116 cm³/mol. The third kappa shape index (κ3) is 4.21. The molecule has 0 radical (unpaired) electrons. The second kappa shape index (κ2) is 8.85. The second-order valence-electron chi connectivity index (χ2n) is 7.35.